The average Bonchev–Trinajstić information content (AvgIpc) is 3.07. The Balaban J connectivity index is 1.80. The Hall–Kier alpha value is -1.13. The molecule has 0 radical (unpaired) electrons. The molecule has 3 N–H and O–H groups in total. The fourth-order valence-corrected chi connectivity index (χ4v) is 4.27. The first kappa shape index (κ1) is 13.8. The molecule has 0 spiro atoms. The molecule has 0 amide bonds. The highest BCUT2D eigenvalue weighted by molar-refractivity contribution is 5.37. The Morgan fingerprint density at radius 1 is 1.40 bits per heavy atom. The van der Waals surface area contributed by atoms with Gasteiger partial charge in [0, 0.05) is 5.56 Å². The summed E-state index contributed by atoms with van der Waals surface area (Å²) in [6.45, 7) is 0. The van der Waals surface area contributed by atoms with E-state index < -0.39 is 0 Å². The van der Waals surface area contributed by atoms with Gasteiger partial charge in [-0.2, -0.15) is 0 Å². The summed E-state index contributed by atoms with van der Waals surface area (Å²) in [5.74, 6) is 8.41. The van der Waals surface area contributed by atoms with Gasteiger partial charge in [-0.25, -0.2) is 4.39 Å². The van der Waals surface area contributed by atoms with Crippen LogP contribution >= 0.6 is 0 Å². The number of hydrogen-bond donors (Lipinski definition) is 2. The quantitative estimate of drug-likeness (QED) is 0.642. The number of hydrazine groups is 1. The molecule has 20 heavy (non-hydrogen) atoms. The zero-order valence-electron chi connectivity index (χ0n) is 11.9. The molecular formula is C16H23FN2O. The summed E-state index contributed by atoms with van der Waals surface area (Å²) < 4.78 is 19.5. The van der Waals surface area contributed by atoms with Crippen LogP contribution in [0.3, 0.4) is 0 Å². The molecular weight excluding hydrogens is 255 g/mol. The predicted molar refractivity (Wildman–Crippen MR) is 76.6 cm³/mol. The Morgan fingerprint density at radius 2 is 2.25 bits per heavy atom. The third kappa shape index (κ3) is 2.42. The maximum absolute atomic E-state index is 14.2. The van der Waals surface area contributed by atoms with Crippen LogP contribution in [-0.4, -0.2) is 7.11 Å². The van der Waals surface area contributed by atoms with Gasteiger partial charge in [-0.15, -0.1) is 0 Å². The number of nitrogens with two attached hydrogens (primary N) is 1. The summed E-state index contributed by atoms with van der Waals surface area (Å²) in [6, 6.07) is 4.77. The number of rotatable bonds is 5. The van der Waals surface area contributed by atoms with E-state index in [0.717, 1.165) is 18.3 Å². The third-order valence-electron chi connectivity index (χ3n) is 5.21. The third-order valence-corrected chi connectivity index (χ3v) is 5.21. The van der Waals surface area contributed by atoms with Crippen LogP contribution in [0.4, 0.5) is 4.39 Å². The van der Waals surface area contributed by atoms with Crippen LogP contribution in [0.5, 0.6) is 5.75 Å². The van der Waals surface area contributed by atoms with Crippen molar-refractivity contribution in [1.82, 2.24) is 5.43 Å². The normalized spacial score (nSPS) is 29.6. The highest BCUT2D eigenvalue weighted by atomic mass is 19.1. The second-order valence-corrected chi connectivity index (χ2v) is 6.25. The lowest BCUT2D eigenvalue weighted by molar-refractivity contribution is 0.273. The molecule has 2 aliphatic rings. The fraction of sp³-hybridized carbons (Fsp3) is 0.625. The lowest BCUT2D eigenvalue weighted by atomic mass is 9.82. The molecule has 0 heterocycles. The largest absolute Gasteiger partial charge is 0.496 e. The molecule has 0 aliphatic heterocycles. The van der Waals surface area contributed by atoms with Crippen LogP contribution in [-0.2, 0) is 0 Å². The fourth-order valence-electron chi connectivity index (χ4n) is 4.27. The van der Waals surface area contributed by atoms with Crippen molar-refractivity contribution < 1.29 is 9.13 Å². The highest BCUT2D eigenvalue weighted by Crippen LogP contribution is 2.51. The smallest absolute Gasteiger partial charge is 0.131 e. The molecule has 3 rings (SSSR count). The minimum Gasteiger partial charge on any atom is -0.496 e. The molecule has 4 heteroatoms. The summed E-state index contributed by atoms with van der Waals surface area (Å²) in [5, 5.41) is 0. The number of methoxy groups -OCH3 is 1. The Kier molecular flexibility index (Phi) is 3.94. The molecule has 3 nitrogen and oxygen atoms in total. The summed E-state index contributed by atoms with van der Waals surface area (Å²) in [5.41, 5.74) is 3.37. The van der Waals surface area contributed by atoms with Crippen LogP contribution < -0.4 is 16.0 Å². The first-order valence-electron chi connectivity index (χ1n) is 7.51. The van der Waals surface area contributed by atoms with Gasteiger partial charge in [0.1, 0.15) is 11.6 Å². The van der Waals surface area contributed by atoms with Crippen LogP contribution in [0.15, 0.2) is 18.2 Å². The monoisotopic (exact) mass is 278 g/mol. The van der Waals surface area contributed by atoms with E-state index in [-0.39, 0.29) is 11.9 Å². The van der Waals surface area contributed by atoms with Gasteiger partial charge < -0.3 is 4.74 Å². The van der Waals surface area contributed by atoms with E-state index in [1.165, 1.54) is 31.7 Å². The first-order valence-corrected chi connectivity index (χ1v) is 7.51. The van der Waals surface area contributed by atoms with Gasteiger partial charge >= 0.3 is 0 Å². The zero-order chi connectivity index (χ0) is 14.1. The van der Waals surface area contributed by atoms with Crippen molar-refractivity contribution >= 4 is 0 Å². The minimum atomic E-state index is -0.240. The summed E-state index contributed by atoms with van der Waals surface area (Å²) in [6.07, 6.45) is 6.25. The molecule has 1 aromatic rings. The molecule has 2 saturated carbocycles. The summed E-state index contributed by atoms with van der Waals surface area (Å²) >= 11 is 0. The molecule has 2 aliphatic carbocycles. The van der Waals surface area contributed by atoms with Crippen molar-refractivity contribution in [1.29, 1.82) is 0 Å². The molecule has 2 bridgehead atoms. The lowest BCUT2D eigenvalue weighted by Crippen LogP contribution is -2.31. The van der Waals surface area contributed by atoms with Gasteiger partial charge in [-0.05, 0) is 55.6 Å². The number of nitrogens with one attached hydrogen (secondary N) is 1. The van der Waals surface area contributed by atoms with E-state index in [0.29, 0.717) is 17.2 Å². The van der Waals surface area contributed by atoms with E-state index in [4.69, 9.17) is 10.6 Å². The van der Waals surface area contributed by atoms with Crippen molar-refractivity contribution in [2.45, 2.75) is 38.1 Å². The van der Waals surface area contributed by atoms with Crippen molar-refractivity contribution in [2.24, 2.45) is 23.6 Å². The standard InChI is InChI=1S/C16H23FN2O/c1-20-15-4-2-3-13(17)16(15)14(19-18)9-12-8-10-5-6-11(12)7-10/h2-4,10-12,14,19H,5-9,18H2,1H3. The highest BCUT2D eigenvalue weighted by Gasteiger charge is 2.40. The summed E-state index contributed by atoms with van der Waals surface area (Å²) in [7, 11) is 1.57. The molecule has 1 aromatic carbocycles. The van der Waals surface area contributed by atoms with Crippen molar-refractivity contribution in [3.05, 3.63) is 29.6 Å². The number of hydrogen-bond acceptors (Lipinski definition) is 3. The predicted octanol–water partition coefficient (Wildman–Crippen LogP) is 3.17. The molecule has 4 atom stereocenters. The number of halogens is 1. The van der Waals surface area contributed by atoms with E-state index in [2.05, 4.69) is 5.43 Å². The Labute approximate surface area is 119 Å². The van der Waals surface area contributed by atoms with Crippen molar-refractivity contribution in [3.63, 3.8) is 0 Å². The second kappa shape index (κ2) is 5.70. The average molecular weight is 278 g/mol. The molecule has 0 aromatic heterocycles. The first-order chi connectivity index (χ1) is 9.72. The number of ether oxygens (including phenoxy) is 1. The van der Waals surface area contributed by atoms with Gasteiger partial charge in [0.2, 0.25) is 0 Å². The van der Waals surface area contributed by atoms with Crippen LogP contribution in [0.2, 0.25) is 0 Å². The van der Waals surface area contributed by atoms with Gasteiger partial charge in [0.25, 0.3) is 0 Å². The van der Waals surface area contributed by atoms with Gasteiger partial charge in [0.15, 0.2) is 0 Å². The lowest BCUT2D eigenvalue weighted by Gasteiger charge is -2.27. The van der Waals surface area contributed by atoms with Crippen molar-refractivity contribution in [3.8, 4) is 5.75 Å². The van der Waals surface area contributed by atoms with Crippen LogP contribution in [0, 0.1) is 23.6 Å². The van der Waals surface area contributed by atoms with Crippen LogP contribution in [0.25, 0.3) is 0 Å². The Bertz CT molecular complexity index is 480. The van der Waals surface area contributed by atoms with Gasteiger partial charge in [-0.3, -0.25) is 11.3 Å². The minimum absolute atomic E-state index is 0.171. The van der Waals surface area contributed by atoms with E-state index in [1.54, 1.807) is 19.2 Å². The van der Waals surface area contributed by atoms with E-state index >= 15 is 0 Å². The van der Waals surface area contributed by atoms with Gasteiger partial charge in [-0.1, -0.05) is 12.5 Å². The van der Waals surface area contributed by atoms with Crippen LogP contribution in [0.1, 0.15) is 43.7 Å². The molecule has 2 fully saturated rings. The number of fused-ring (bicyclic) bond motifs is 2. The second-order valence-electron chi connectivity index (χ2n) is 6.25. The van der Waals surface area contributed by atoms with E-state index in [9.17, 15) is 4.39 Å². The molecule has 0 saturated heterocycles. The van der Waals surface area contributed by atoms with Crippen molar-refractivity contribution in [2.75, 3.05) is 7.11 Å². The van der Waals surface area contributed by atoms with Gasteiger partial charge in [0.05, 0.1) is 13.2 Å². The van der Waals surface area contributed by atoms with E-state index in [1.807, 2.05) is 0 Å². The molecule has 110 valence electrons. The summed E-state index contributed by atoms with van der Waals surface area (Å²) in [4.78, 5) is 0. The topological polar surface area (TPSA) is 47.3 Å². The SMILES string of the molecule is COc1cccc(F)c1C(CC1CC2CCC1C2)NN. The maximum Gasteiger partial charge on any atom is 0.131 e. The number of benzene rings is 1. The zero-order valence-corrected chi connectivity index (χ0v) is 11.9. The maximum atomic E-state index is 14.2. The molecule has 4 unspecified atom stereocenters. The Morgan fingerprint density at radius 3 is 2.85 bits per heavy atom.